The number of benzene rings is 1. The summed E-state index contributed by atoms with van der Waals surface area (Å²) in [5.74, 6) is 0.949. The lowest BCUT2D eigenvalue weighted by Crippen LogP contribution is -2.10. The summed E-state index contributed by atoms with van der Waals surface area (Å²) >= 11 is 0. The van der Waals surface area contributed by atoms with Gasteiger partial charge in [0.1, 0.15) is 5.75 Å². The van der Waals surface area contributed by atoms with E-state index >= 15 is 0 Å². The van der Waals surface area contributed by atoms with Crippen LogP contribution in [-0.4, -0.2) is 7.11 Å². The molecule has 1 aromatic carbocycles. The maximum atomic E-state index is 6.02. The van der Waals surface area contributed by atoms with Crippen LogP contribution < -0.4 is 10.5 Å². The largest absolute Gasteiger partial charge is 0.496 e. The molecule has 0 fully saturated rings. The standard InChI is InChI=1S/C13H19NO.ClH/c1-5-6-12(14)11-7-9(2)13(15-4)10(3)8-11;/h5,7-8,12H,1,6,14H2,2-4H3;1H/t12-;/m1./s1. The van der Waals surface area contributed by atoms with Crippen molar-refractivity contribution in [2.75, 3.05) is 7.11 Å². The molecule has 16 heavy (non-hydrogen) atoms. The normalized spacial score (nSPS) is 11.5. The van der Waals surface area contributed by atoms with E-state index in [-0.39, 0.29) is 18.4 Å². The molecule has 1 aromatic rings. The Morgan fingerprint density at radius 3 is 2.25 bits per heavy atom. The van der Waals surface area contributed by atoms with Crippen LogP contribution in [0.4, 0.5) is 0 Å². The van der Waals surface area contributed by atoms with Crippen molar-refractivity contribution < 1.29 is 4.74 Å². The summed E-state index contributed by atoms with van der Waals surface area (Å²) in [6.45, 7) is 7.78. The number of ether oxygens (including phenoxy) is 1. The van der Waals surface area contributed by atoms with Crippen LogP contribution in [0.2, 0.25) is 0 Å². The van der Waals surface area contributed by atoms with Crippen molar-refractivity contribution in [1.82, 2.24) is 0 Å². The van der Waals surface area contributed by atoms with Crippen molar-refractivity contribution in [3.63, 3.8) is 0 Å². The molecule has 0 radical (unpaired) electrons. The zero-order chi connectivity index (χ0) is 11.4. The van der Waals surface area contributed by atoms with Gasteiger partial charge in [-0.25, -0.2) is 0 Å². The quantitative estimate of drug-likeness (QED) is 0.821. The van der Waals surface area contributed by atoms with Crippen LogP contribution in [0.3, 0.4) is 0 Å². The zero-order valence-corrected chi connectivity index (χ0v) is 10.9. The molecule has 0 aliphatic heterocycles. The topological polar surface area (TPSA) is 35.2 Å². The lowest BCUT2D eigenvalue weighted by Gasteiger charge is -2.15. The molecule has 0 amide bonds. The van der Waals surface area contributed by atoms with Gasteiger partial charge in [-0.05, 0) is 37.0 Å². The fourth-order valence-electron chi connectivity index (χ4n) is 1.84. The summed E-state index contributed by atoms with van der Waals surface area (Å²) in [7, 11) is 1.69. The van der Waals surface area contributed by atoms with Gasteiger partial charge in [0, 0.05) is 6.04 Å². The first-order valence-electron chi connectivity index (χ1n) is 5.11. The average Bonchev–Trinajstić information content (AvgIpc) is 2.17. The predicted octanol–water partition coefficient (Wildman–Crippen LogP) is 3.31. The van der Waals surface area contributed by atoms with Crippen LogP contribution in [0, 0.1) is 13.8 Å². The van der Waals surface area contributed by atoms with Crippen LogP contribution in [0.5, 0.6) is 5.75 Å². The van der Waals surface area contributed by atoms with E-state index in [9.17, 15) is 0 Å². The molecule has 0 saturated carbocycles. The fourth-order valence-corrected chi connectivity index (χ4v) is 1.84. The Morgan fingerprint density at radius 1 is 1.38 bits per heavy atom. The molecule has 0 aliphatic rings. The van der Waals surface area contributed by atoms with E-state index in [1.54, 1.807) is 7.11 Å². The Bertz CT molecular complexity index is 340. The molecule has 1 atom stereocenters. The summed E-state index contributed by atoms with van der Waals surface area (Å²) in [6.07, 6.45) is 2.64. The molecule has 0 aliphatic carbocycles. The highest BCUT2D eigenvalue weighted by atomic mass is 35.5. The van der Waals surface area contributed by atoms with E-state index in [1.807, 2.05) is 19.9 Å². The maximum absolute atomic E-state index is 6.02. The molecule has 0 bridgehead atoms. The van der Waals surface area contributed by atoms with E-state index in [2.05, 4.69) is 18.7 Å². The highest BCUT2D eigenvalue weighted by molar-refractivity contribution is 5.85. The van der Waals surface area contributed by atoms with Crippen LogP contribution in [-0.2, 0) is 0 Å². The minimum atomic E-state index is 0. The number of rotatable bonds is 4. The molecule has 1 rings (SSSR count). The molecular weight excluding hydrogens is 222 g/mol. The lowest BCUT2D eigenvalue weighted by molar-refractivity contribution is 0.408. The summed E-state index contributed by atoms with van der Waals surface area (Å²) < 4.78 is 5.31. The maximum Gasteiger partial charge on any atom is 0.124 e. The van der Waals surface area contributed by atoms with E-state index in [0.29, 0.717) is 0 Å². The number of nitrogens with two attached hydrogens (primary N) is 1. The Morgan fingerprint density at radius 2 is 1.88 bits per heavy atom. The van der Waals surface area contributed by atoms with Crippen molar-refractivity contribution in [3.05, 3.63) is 41.5 Å². The van der Waals surface area contributed by atoms with Gasteiger partial charge in [-0.1, -0.05) is 18.2 Å². The van der Waals surface area contributed by atoms with Crippen LogP contribution in [0.15, 0.2) is 24.8 Å². The van der Waals surface area contributed by atoms with Crippen LogP contribution in [0.25, 0.3) is 0 Å². The third kappa shape index (κ3) is 3.26. The fraction of sp³-hybridized carbons (Fsp3) is 0.385. The lowest BCUT2D eigenvalue weighted by atomic mass is 9.99. The van der Waals surface area contributed by atoms with Gasteiger partial charge in [-0.15, -0.1) is 19.0 Å². The first-order chi connectivity index (χ1) is 7.10. The molecule has 0 heterocycles. The van der Waals surface area contributed by atoms with E-state index in [1.165, 1.54) is 0 Å². The first kappa shape index (κ1) is 15.0. The van der Waals surface area contributed by atoms with Crippen molar-refractivity contribution in [1.29, 1.82) is 0 Å². The third-order valence-electron chi connectivity index (χ3n) is 2.54. The van der Waals surface area contributed by atoms with E-state index in [0.717, 1.165) is 28.9 Å². The van der Waals surface area contributed by atoms with Crippen molar-refractivity contribution in [3.8, 4) is 5.75 Å². The summed E-state index contributed by atoms with van der Waals surface area (Å²) in [5, 5.41) is 0. The smallest absolute Gasteiger partial charge is 0.124 e. The summed E-state index contributed by atoms with van der Waals surface area (Å²) in [4.78, 5) is 0. The first-order valence-corrected chi connectivity index (χ1v) is 5.11. The summed E-state index contributed by atoms with van der Waals surface area (Å²) in [5.41, 5.74) is 9.43. The molecule has 2 N–H and O–H groups in total. The highest BCUT2D eigenvalue weighted by Gasteiger charge is 2.09. The Hall–Kier alpha value is -0.990. The van der Waals surface area contributed by atoms with E-state index < -0.39 is 0 Å². The van der Waals surface area contributed by atoms with Crippen molar-refractivity contribution in [2.24, 2.45) is 5.73 Å². The molecule has 0 unspecified atom stereocenters. The molecule has 0 aromatic heterocycles. The summed E-state index contributed by atoms with van der Waals surface area (Å²) in [6, 6.07) is 4.20. The Labute approximate surface area is 104 Å². The zero-order valence-electron chi connectivity index (χ0n) is 10.1. The number of halogens is 1. The monoisotopic (exact) mass is 241 g/mol. The van der Waals surface area contributed by atoms with Gasteiger partial charge in [0.05, 0.1) is 7.11 Å². The highest BCUT2D eigenvalue weighted by Crippen LogP contribution is 2.27. The molecule has 90 valence electrons. The molecule has 0 spiro atoms. The Kier molecular flexibility index (Phi) is 6.16. The van der Waals surface area contributed by atoms with Gasteiger partial charge in [0.2, 0.25) is 0 Å². The van der Waals surface area contributed by atoms with Gasteiger partial charge in [0.15, 0.2) is 0 Å². The van der Waals surface area contributed by atoms with Crippen molar-refractivity contribution in [2.45, 2.75) is 26.3 Å². The number of aryl methyl sites for hydroxylation is 2. The molecular formula is C13H20ClNO. The number of methoxy groups -OCH3 is 1. The second-order valence-corrected chi connectivity index (χ2v) is 3.82. The van der Waals surface area contributed by atoms with Gasteiger partial charge in [-0.2, -0.15) is 0 Å². The minimum absolute atomic E-state index is 0. The van der Waals surface area contributed by atoms with Crippen LogP contribution >= 0.6 is 12.4 Å². The number of hydrogen-bond acceptors (Lipinski definition) is 2. The van der Waals surface area contributed by atoms with Crippen molar-refractivity contribution >= 4 is 12.4 Å². The predicted molar refractivity (Wildman–Crippen MR) is 71.5 cm³/mol. The molecule has 0 saturated heterocycles. The molecule has 2 nitrogen and oxygen atoms in total. The Balaban J connectivity index is 0.00000225. The minimum Gasteiger partial charge on any atom is -0.496 e. The third-order valence-corrected chi connectivity index (χ3v) is 2.54. The average molecular weight is 242 g/mol. The van der Waals surface area contributed by atoms with Gasteiger partial charge >= 0.3 is 0 Å². The molecule has 3 heteroatoms. The van der Waals surface area contributed by atoms with Gasteiger partial charge in [-0.3, -0.25) is 0 Å². The SMILES string of the molecule is C=CC[C@@H](N)c1cc(C)c(OC)c(C)c1.Cl. The second kappa shape index (κ2) is 6.56. The number of hydrogen-bond donors (Lipinski definition) is 1. The van der Waals surface area contributed by atoms with E-state index in [4.69, 9.17) is 10.5 Å². The van der Waals surface area contributed by atoms with Gasteiger partial charge in [0.25, 0.3) is 0 Å². The van der Waals surface area contributed by atoms with Gasteiger partial charge < -0.3 is 10.5 Å². The van der Waals surface area contributed by atoms with Crippen LogP contribution in [0.1, 0.15) is 29.2 Å². The second-order valence-electron chi connectivity index (χ2n) is 3.82.